The first-order chi connectivity index (χ1) is 10.6. The average molecular weight is 316 g/mol. The highest BCUT2D eigenvalue weighted by molar-refractivity contribution is 7.16. The second kappa shape index (κ2) is 6.11. The van der Waals surface area contributed by atoms with Crippen LogP contribution in [0.2, 0.25) is 0 Å². The van der Waals surface area contributed by atoms with Gasteiger partial charge in [-0.05, 0) is 30.3 Å². The maximum Gasteiger partial charge on any atom is 0.308 e. The van der Waals surface area contributed by atoms with Gasteiger partial charge in [-0.25, -0.2) is 4.39 Å². The van der Waals surface area contributed by atoms with Crippen LogP contribution in [-0.2, 0) is 11.3 Å². The Morgan fingerprint density at radius 2 is 2.00 bits per heavy atom. The summed E-state index contributed by atoms with van der Waals surface area (Å²) in [6, 6.07) is 13.2. The molecule has 1 aromatic heterocycles. The van der Waals surface area contributed by atoms with Crippen LogP contribution in [0.3, 0.4) is 0 Å². The standard InChI is InChI=1S/C16H13FN2O2S/c17-11-4-3-5-12(10-11)18-15(20)8-9-19-13-6-1-2-7-14(13)22-16(19)21/h1-7,10H,8-9H2,(H,18,20). The van der Waals surface area contributed by atoms with Gasteiger partial charge in [-0.15, -0.1) is 0 Å². The van der Waals surface area contributed by atoms with Gasteiger partial charge in [0, 0.05) is 18.7 Å². The molecule has 22 heavy (non-hydrogen) atoms. The molecule has 0 aliphatic heterocycles. The quantitative estimate of drug-likeness (QED) is 0.803. The number of halogens is 1. The summed E-state index contributed by atoms with van der Waals surface area (Å²) in [6.07, 6.45) is 0.150. The molecule has 0 aliphatic rings. The van der Waals surface area contributed by atoms with Gasteiger partial charge in [0.25, 0.3) is 0 Å². The smallest absolute Gasteiger partial charge is 0.308 e. The zero-order chi connectivity index (χ0) is 15.5. The Morgan fingerprint density at radius 1 is 1.18 bits per heavy atom. The SMILES string of the molecule is O=C(CCn1c(=O)sc2ccccc21)Nc1cccc(F)c1. The van der Waals surface area contributed by atoms with Crippen molar-refractivity contribution in [3.63, 3.8) is 0 Å². The number of benzene rings is 2. The fourth-order valence-corrected chi connectivity index (χ4v) is 3.15. The summed E-state index contributed by atoms with van der Waals surface area (Å²) < 4.78 is 15.5. The van der Waals surface area contributed by atoms with E-state index < -0.39 is 5.82 Å². The molecule has 6 heteroatoms. The number of nitrogens with zero attached hydrogens (tertiary/aromatic N) is 1. The lowest BCUT2D eigenvalue weighted by Crippen LogP contribution is -2.19. The molecule has 0 unspecified atom stereocenters. The second-order valence-electron chi connectivity index (χ2n) is 4.80. The van der Waals surface area contributed by atoms with Crippen LogP contribution >= 0.6 is 11.3 Å². The van der Waals surface area contributed by atoms with Crippen LogP contribution in [0.15, 0.2) is 53.3 Å². The summed E-state index contributed by atoms with van der Waals surface area (Å²) in [5, 5.41) is 2.62. The van der Waals surface area contributed by atoms with E-state index in [1.807, 2.05) is 24.3 Å². The number of hydrogen-bond acceptors (Lipinski definition) is 3. The lowest BCUT2D eigenvalue weighted by atomic mass is 10.3. The van der Waals surface area contributed by atoms with E-state index in [1.165, 1.54) is 18.2 Å². The van der Waals surface area contributed by atoms with Crippen molar-refractivity contribution in [2.45, 2.75) is 13.0 Å². The van der Waals surface area contributed by atoms with Crippen molar-refractivity contribution in [1.29, 1.82) is 0 Å². The van der Waals surface area contributed by atoms with Gasteiger partial charge in [-0.3, -0.25) is 14.2 Å². The third-order valence-electron chi connectivity index (χ3n) is 3.24. The van der Waals surface area contributed by atoms with E-state index in [-0.39, 0.29) is 17.2 Å². The van der Waals surface area contributed by atoms with Gasteiger partial charge in [0.15, 0.2) is 0 Å². The molecule has 0 radical (unpaired) electrons. The molecule has 4 nitrogen and oxygen atoms in total. The number of thiazole rings is 1. The minimum Gasteiger partial charge on any atom is -0.326 e. The number of carbonyl (C=O) groups is 1. The lowest BCUT2D eigenvalue weighted by molar-refractivity contribution is -0.116. The molecule has 0 spiro atoms. The molecule has 0 fully saturated rings. The molecule has 1 N–H and O–H groups in total. The number of aryl methyl sites for hydroxylation is 1. The Kier molecular flexibility index (Phi) is 4.02. The zero-order valence-corrected chi connectivity index (χ0v) is 12.4. The molecule has 3 rings (SSSR count). The highest BCUT2D eigenvalue weighted by Crippen LogP contribution is 2.17. The molecule has 1 heterocycles. The summed E-state index contributed by atoms with van der Waals surface area (Å²) >= 11 is 1.16. The fraction of sp³-hybridized carbons (Fsp3) is 0.125. The Labute approximate surface area is 129 Å². The van der Waals surface area contributed by atoms with Crippen LogP contribution in [0.4, 0.5) is 10.1 Å². The number of para-hydroxylation sites is 1. The molecule has 0 bridgehead atoms. The Bertz CT molecular complexity index is 885. The lowest BCUT2D eigenvalue weighted by Gasteiger charge is -2.06. The van der Waals surface area contributed by atoms with Gasteiger partial charge in [-0.2, -0.15) is 0 Å². The van der Waals surface area contributed by atoms with Gasteiger partial charge >= 0.3 is 4.87 Å². The first kappa shape index (κ1) is 14.5. The van der Waals surface area contributed by atoms with Crippen LogP contribution < -0.4 is 10.2 Å². The second-order valence-corrected chi connectivity index (χ2v) is 5.79. The Balaban J connectivity index is 1.70. The number of aromatic nitrogens is 1. The molecule has 0 aliphatic carbocycles. The van der Waals surface area contributed by atoms with Gasteiger partial charge in [-0.1, -0.05) is 29.5 Å². The van der Waals surface area contributed by atoms with E-state index in [1.54, 1.807) is 10.6 Å². The number of anilines is 1. The molecule has 0 atom stereocenters. The van der Waals surface area contributed by atoms with Crippen molar-refractivity contribution >= 4 is 33.1 Å². The average Bonchev–Trinajstić information content (AvgIpc) is 2.80. The molecular formula is C16H13FN2O2S. The van der Waals surface area contributed by atoms with Crippen molar-refractivity contribution in [3.8, 4) is 0 Å². The van der Waals surface area contributed by atoms with Crippen molar-refractivity contribution in [1.82, 2.24) is 4.57 Å². The van der Waals surface area contributed by atoms with Crippen molar-refractivity contribution in [3.05, 3.63) is 64.0 Å². The van der Waals surface area contributed by atoms with Crippen LogP contribution in [0.5, 0.6) is 0 Å². The van der Waals surface area contributed by atoms with Crippen molar-refractivity contribution in [2.75, 3.05) is 5.32 Å². The van der Waals surface area contributed by atoms with Crippen LogP contribution in [0.1, 0.15) is 6.42 Å². The molecular weight excluding hydrogens is 303 g/mol. The molecule has 0 saturated carbocycles. The largest absolute Gasteiger partial charge is 0.326 e. The van der Waals surface area contributed by atoms with Gasteiger partial charge < -0.3 is 5.32 Å². The van der Waals surface area contributed by atoms with Crippen LogP contribution in [0, 0.1) is 5.82 Å². The van der Waals surface area contributed by atoms with E-state index >= 15 is 0 Å². The molecule has 2 aromatic carbocycles. The maximum atomic E-state index is 13.1. The maximum absolute atomic E-state index is 13.1. The Morgan fingerprint density at radius 3 is 2.82 bits per heavy atom. The summed E-state index contributed by atoms with van der Waals surface area (Å²) in [6.45, 7) is 0.296. The van der Waals surface area contributed by atoms with E-state index in [9.17, 15) is 14.0 Å². The van der Waals surface area contributed by atoms with Gasteiger partial charge in [0.2, 0.25) is 5.91 Å². The van der Waals surface area contributed by atoms with Gasteiger partial charge in [0.1, 0.15) is 5.82 Å². The number of rotatable bonds is 4. The Hall–Kier alpha value is -2.47. The first-order valence-electron chi connectivity index (χ1n) is 6.77. The number of hydrogen-bond donors (Lipinski definition) is 1. The summed E-state index contributed by atoms with van der Waals surface area (Å²) in [5.74, 6) is -0.661. The predicted molar refractivity (Wildman–Crippen MR) is 85.7 cm³/mol. The monoisotopic (exact) mass is 316 g/mol. The number of fused-ring (bicyclic) bond motifs is 1. The normalized spacial score (nSPS) is 10.8. The van der Waals surface area contributed by atoms with E-state index in [0.717, 1.165) is 21.6 Å². The third-order valence-corrected chi connectivity index (χ3v) is 4.20. The topological polar surface area (TPSA) is 51.1 Å². The molecule has 112 valence electrons. The third kappa shape index (κ3) is 3.07. The van der Waals surface area contributed by atoms with Crippen molar-refractivity contribution in [2.24, 2.45) is 0 Å². The summed E-state index contributed by atoms with van der Waals surface area (Å²) in [7, 11) is 0. The minimum absolute atomic E-state index is 0.0836. The number of nitrogens with one attached hydrogen (secondary N) is 1. The molecule has 1 amide bonds. The fourth-order valence-electron chi connectivity index (χ4n) is 2.23. The highest BCUT2D eigenvalue weighted by atomic mass is 32.1. The van der Waals surface area contributed by atoms with E-state index in [0.29, 0.717) is 12.2 Å². The predicted octanol–water partition coefficient (Wildman–Crippen LogP) is 3.23. The minimum atomic E-state index is -0.405. The zero-order valence-electron chi connectivity index (χ0n) is 11.6. The molecule has 0 saturated heterocycles. The van der Waals surface area contributed by atoms with E-state index in [4.69, 9.17) is 0 Å². The van der Waals surface area contributed by atoms with E-state index in [2.05, 4.69) is 5.32 Å². The van der Waals surface area contributed by atoms with Crippen LogP contribution in [0.25, 0.3) is 10.2 Å². The summed E-state index contributed by atoms with van der Waals surface area (Å²) in [4.78, 5) is 23.8. The molecule has 3 aromatic rings. The number of carbonyl (C=O) groups excluding carboxylic acids is 1. The van der Waals surface area contributed by atoms with Crippen molar-refractivity contribution < 1.29 is 9.18 Å². The number of amides is 1. The highest BCUT2D eigenvalue weighted by Gasteiger charge is 2.09. The van der Waals surface area contributed by atoms with Gasteiger partial charge in [0.05, 0.1) is 10.2 Å². The van der Waals surface area contributed by atoms with Crippen LogP contribution in [-0.4, -0.2) is 10.5 Å². The summed E-state index contributed by atoms with van der Waals surface area (Å²) in [5.41, 5.74) is 1.24. The first-order valence-corrected chi connectivity index (χ1v) is 7.59.